The van der Waals surface area contributed by atoms with Crippen LogP contribution in [0.1, 0.15) is 39.0 Å². The molecule has 3 heteroatoms. The second-order valence-corrected chi connectivity index (χ2v) is 3.05. The van der Waals surface area contributed by atoms with Crippen molar-refractivity contribution in [2.45, 2.75) is 39.0 Å². The summed E-state index contributed by atoms with van der Waals surface area (Å²) in [4.78, 5) is 22.0. The van der Waals surface area contributed by atoms with Gasteiger partial charge in [-0.2, -0.15) is 0 Å². The number of unbranched alkanes of at least 4 members (excludes halogenated alkanes) is 2. The molecule has 0 radical (unpaired) electrons. The third kappa shape index (κ3) is 7.53. The highest BCUT2D eigenvalue weighted by Gasteiger charge is 2.09. The molecule has 3 nitrogen and oxygen atoms in total. The number of hydrogen-bond donors (Lipinski definition) is 0. The molecule has 0 fully saturated rings. The minimum Gasteiger partial charge on any atom is -0.466 e. The molecule has 0 aliphatic heterocycles. The molecule has 0 saturated heterocycles. The van der Waals surface area contributed by atoms with E-state index in [0.29, 0.717) is 13.0 Å². The maximum absolute atomic E-state index is 11.2. The number of allylic oxidation sites excluding steroid dienone is 1. The molecule has 0 atom stereocenters. The number of carbonyl (C=O) groups is 2. The Hall–Kier alpha value is -1.12. The molecule has 0 saturated carbocycles. The summed E-state index contributed by atoms with van der Waals surface area (Å²) in [7, 11) is 0. The van der Waals surface area contributed by atoms with Gasteiger partial charge in [0.1, 0.15) is 12.2 Å². The SMILES string of the molecule is C=CCCCCC(=O)CC(=O)OCC. The number of rotatable bonds is 8. The van der Waals surface area contributed by atoms with Crippen LogP contribution in [0.4, 0.5) is 0 Å². The van der Waals surface area contributed by atoms with Gasteiger partial charge < -0.3 is 4.74 Å². The van der Waals surface area contributed by atoms with Crippen molar-refractivity contribution in [2.75, 3.05) is 6.61 Å². The second kappa shape index (κ2) is 8.48. The van der Waals surface area contributed by atoms with Gasteiger partial charge in [-0.15, -0.1) is 6.58 Å². The van der Waals surface area contributed by atoms with Crippen molar-refractivity contribution in [3.8, 4) is 0 Å². The lowest BCUT2D eigenvalue weighted by molar-refractivity contribution is -0.145. The van der Waals surface area contributed by atoms with E-state index in [1.54, 1.807) is 6.92 Å². The van der Waals surface area contributed by atoms with Crippen molar-refractivity contribution in [1.29, 1.82) is 0 Å². The zero-order valence-electron chi connectivity index (χ0n) is 8.75. The zero-order chi connectivity index (χ0) is 10.8. The van der Waals surface area contributed by atoms with Crippen molar-refractivity contribution in [2.24, 2.45) is 0 Å². The molecule has 0 aromatic rings. The maximum Gasteiger partial charge on any atom is 0.313 e. The third-order valence-corrected chi connectivity index (χ3v) is 1.76. The summed E-state index contributed by atoms with van der Waals surface area (Å²) in [5, 5.41) is 0. The molecular formula is C11H18O3. The number of ketones is 1. The van der Waals surface area contributed by atoms with Gasteiger partial charge in [0.25, 0.3) is 0 Å². The van der Waals surface area contributed by atoms with Crippen LogP contribution in [0, 0.1) is 0 Å². The molecular weight excluding hydrogens is 180 g/mol. The highest BCUT2D eigenvalue weighted by Crippen LogP contribution is 2.03. The van der Waals surface area contributed by atoms with Crippen LogP contribution in [-0.2, 0) is 14.3 Å². The van der Waals surface area contributed by atoms with Crippen LogP contribution in [0.15, 0.2) is 12.7 Å². The minimum absolute atomic E-state index is 0.0347. The molecule has 0 aromatic heterocycles. The average molecular weight is 198 g/mol. The maximum atomic E-state index is 11.2. The lowest BCUT2D eigenvalue weighted by Gasteiger charge is -2.00. The molecule has 0 spiro atoms. The Morgan fingerprint density at radius 1 is 1.36 bits per heavy atom. The molecule has 0 bridgehead atoms. The molecule has 0 rings (SSSR count). The van der Waals surface area contributed by atoms with E-state index in [9.17, 15) is 9.59 Å². The summed E-state index contributed by atoms with van der Waals surface area (Å²) in [5.41, 5.74) is 0. The Bertz CT molecular complexity index is 197. The van der Waals surface area contributed by atoms with Crippen molar-refractivity contribution >= 4 is 11.8 Å². The average Bonchev–Trinajstić information content (AvgIpc) is 2.13. The van der Waals surface area contributed by atoms with Crippen LogP contribution < -0.4 is 0 Å². The van der Waals surface area contributed by atoms with Gasteiger partial charge in [0.15, 0.2) is 0 Å². The van der Waals surface area contributed by atoms with Crippen molar-refractivity contribution in [1.82, 2.24) is 0 Å². The summed E-state index contributed by atoms with van der Waals surface area (Å²) in [5.74, 6) is -0.450. The van der Waals surface area contributed by atoms with Gasteiger partial charge in [0.05, 0.1) is 6.61 Å². The monoisotopic (exact) mass is 198 g/mol. The first-order chi connectivity index (χ1) is 6.70. The number of ether oxygens (including phenoxy) is 1. The van der Waals surface area contributed by atoms with E-state index in [1.807, 2.05) is 6.08 Å². The van der Waals surface area contributed by atoms with E-state index in [-0.39, 0.29) is 12.2 Å². The molecule has 0 heterocycles. The first kappa shape index (κ1) is 12.9. The highest BCUT2D eigenvalue weighted by atomic mass is 16.5. The topological polar surface area (TPSA) is 43.4 Å². The van der Waals surface area contributed by atoms with E-state index in [2.05, 4.69) is 11.3 Å². The first-order valence-corrected chi connectivity index (χ1v) is 4.99. The van der Waals surface area contributed by atoms with Crippen LogP contribution in [0.3, 0.4) is 0 Å². The smallest absolute Gasteiger partial charge is 0.313 e. The van der Waals surface area contributed by atoms with Crippen molar-refractivity contribution < 1.29 is 14.3 Å². The second-order valence-electron chi connectivity index (χ2n) is 3.05. The number of Topliss-reactive ketones (excluding diaryl/α,β-unsaturated/α-hetero) is 1. The number of carbonyl (C=O) groups excluding carboxylic acids is 2. The summed E-state index contributed by atoms with van der Waals surface area (Å²) in [6.45, 7) is 5.66. The lowest BCUT2D eigenvalue weighted by atomic mass is 10.1. The normalized spacial score (nSPS) is 9.50. The van der Waals surface area contributed by atoms with Gasteiger partial charge in [-0.25, -0.2) is 0 Å². The fraction of sp³-hybridized carbons (Fsp3) is 0.636. The Kier molecular flexibility index (Phi) is 7.80. The van der Waals surface area contributed by atoms with E-state index in [1.165, 1.54) is 0 Å². The van der Waals surface area contributed by atoms with Crippen LogP contribution >= 0.6 is 0 Å². The predicted molar refractivity (Wildman–Crippen MR) is 54.9 cm³/mol. The van der Waals surface area contributed by atoms with Crippen LogP contribution in [0.2, 0.25) is 0 Å². The quantitative estimate of drug-likeness (QED) is 0.260. The fourth-order valence-electron chi connectivity index (χ4n) is 1.07. The predicted octanol–water partition coefficient (Wildman–Crippen LogP) is 2.26. The van der Waals surface area contributed by atoms with E-state index in [4.69, 9.17) is 0 Å². The first-order valence-electron chi connectivity index (χ1n) is 4.99. The Labute approximate surface area is 85.1 Å². The van der Waals surface area contributed by atoms with Crippen LogP contribution in [0.5, 0.6) is 0 Å². The molecule has 14 heavy (non-hydrogen) atoms. The Morgan fingerprint density at radius 3 is 2.64 bits per heavy atom. The molecule has 0 amide bonds. The molecule has 0 aromatic carbocycles. The largest absolute Gasteiger partial charge is 0.466 e. The lowest BCUT2D eigenvalue weighted by Crippen LogP contribution is -2.10. The van der Waals surface area contributed by atoms with Crippen LogP contribution in [0.25, 0.3) is 0 Å². The summed E-state index contributed by atoms with van der Waals surface area (Å²) in [6.07, 6.45) is 4.92. The summed E-state index contributed by atoms with van der Waals surface area (Å²) < 4.78 is 4.66. The standard InChI is InChI=1S/C11H18O3/c1-3-5-6-7-8-10(12)9-11(13)14-4-2/h3H,1,4-9H2,2H3. The van der Waals surface area contributed by atoms with Gasteiger partial charge >= 0.3 is 5.97 Å². The van der Waals surface area contributed by atoms with Crippen LogP contribution in [-0.4, -0.2) is 18.4 Å². The molecule has 0 aliphatic carbocycles. The Morgan fingerprint density at radius 2 is 2.07 bits per heavy atom. The molecule has 0 N–H and O–H groups in total. The molecule has 0 aliphatic rings. The summed E-state index contributed by atoms with van der Waals surface area (Å²) >= 11 is 0. The van der Waals surface area contributed by atoms with Crippen molar-refractivity contribution in [3.63, 3.8) is 0 Å². The minimum atomic E-state index is -0.416. The molecule has 80 valence electrons. The highest BCUT2D eigenvalue weighted by molar-refractivity contribution is 5.95. The third-order valence-electron chi connectivity index (χ3n) is 1.76. The van der Waals surface area contributed by atoms with Gasteiger partial charge in [-0.3, -0.25) is 9.59 Å². The van der Waals surface area contributed by atoms with Crippen molar-refractivity contribution in [3.05, 3.63) is 12.7 Å². The summed E-state index contributed by atoms with van der Waals surface area (Å²) in [6, 6.07) is 0. The van der Waals surface area contributed by atoms with Gasteiger partial charge in [-0.1, -0.05) is 6.08 Å². The van der Waals surface area contributed by atoms with E-state index >= 15 is 0 Å². The number of esters is 1. The van der Waals surface area contributed by atoms with Gasteiger partial charge in [0, 0.05) is 6.42 Å². The Balaban J connectivity index is 3.45. The van der Waals surface area contributed by atoms with E-state index < -0.39 is 5.97 Å². The van der Waals surface area contributed by atoms with Gasteiger partial charge in [0.2, 0.25) is 0 Å². The fourth-order valence-corrected chi connectivity index (χ4v) is 1.07. The van der Waals surface area contributed by atoms with E-state index in [0.717, 1.165) is 19.3 Å². The zero-order valence-corrected chi connectivity index (χ0v) is 8.75. The number of hydrogen-bond acceptors (Lipinski definition) is 3. The van der Waals surface area contributed by atoms with Gasteiger partial charge in [-0.05, 0) is 26.2 Å². The molecule has 0 unspecified atom stereocenters.